The van der Waals surface area contributed by atoms with Crippen LogP contribution in [0.5, 0.6) is 0 Å². The first-order valence-electron chi connectivity index (χ1n) is 4.98. The van der Waals surface area contributed by atoms with Crippen LogP contribution in [0.4, 0.5) is 0 Å². The van der Waals surface area contributed by atoms with Crippen molar-refractivity contribution in [1.82, 2.24) is 0 Å². The van der Waals surface area contributed by atoms with Gasteiger partial charge in [-0.15, -0.1) is 0 Å². The van der Waals surface area contributed by atoms with Crippen LogP contribution >= 0.6 is 0 Å². The quantitative estimate of drug-likeness (QED) is 0.653. The van der Waals surface area contributed by atoms with E-state index in [9.17, 15) is 4.79 Å². The van der Waals surface area contributed by atoms with Crippen molar-refractivity contribution in [2.24, 2.45) is 5.41 Å². The lowest BCUT2D eigenvalue weighted by molar-refractivity contribution is -0.167. The Balaban J connectivity index is -0.000000720. The van der Waals surface area contributed by atoms with Gasteiger partial charge in [-0.25, -0.2) is 0 Å². The highest BCUT2D eigenvalue weighted by Gasteiger charge is 2.31. The molecule has 2 nitrogen and oxygen atoms in total. The third-order valence-electron chi connectivity index (χ3n) is 2.66. The van der Waals surface area contributed by atoms with Gasteiger partial charge < -0.3 is 4.74 Å². The molecule has 0 saturated heterocycles. The third-order valence-corrected chi connectivity index (χ3v) is 2.66. The summed E-state index contributed by atoms with van der Waals surface area (Å²) in [5.41, 5.74) is -0.685. The first-order chi connectivity index (χ1) is 5.75. The number of rotatable bonds is 4. The highest BCUT2D eigenvalue weighted by molar-refractivity contribution is 5.76. The number of hydrogen-bond donors (Lipinski definition) is 0. The van der Waals surface area contributed by atoms with Gasteiger partial charge in [0.05, 0.1) is 5.41 Å². The van der Waals surface area contributed by atoms with E-state index in [1.54, 1.807) is 0 Å². The van der Waals surface area contributed by atoms with Crippen LogP contribution in [0.3, 0.4) is 0 Å². The molecule has 0 spiro atoms. The van der Waals surface area contributed by atoms with Gasteiger partial charge in [0.2, 0.25) is 0 Å². The molecule has 0 radical (unpaired) electrons. The summed E-state index contributed by atoms with van der Waals surface area (Å²) in [5.74, 6) is -0.0955. The van der Waals surface area contributed by atoms with Crippen molar-refractivity contribution in [3.63, 3.8) is 0 Å². The summed E-state index contributed by atoms with van der Waals surface area (Å²) in [7, 11) is 0. The maximum atomic E-state index is 11.6. The number of esters is 1. The zero-order valence-electron chi connectivity index (χ0n) is 9.73. The number of carbonyl (C=O) groups excluding carboxylic acids is 1. The molecule has 0 aliphatic heterocycles. The Morgan fingerprint density at radius 1 is 1.00 bits per heavy atom. The minimum atomic E-state index is -0.355. The van der Waals surface area contributed by atoms with E-state index in [0.717, 1.165) is 12.8 Å². The molecule has 0 saturated carbocycles. The molecule has 0 heterocycles. The van der Waals surface area contributed by atoms with E-state index in [1.807, 2.05) is 41.5 Å². The molecule has 0 aromatic carbocycles. The molecule has 0 unspecified atom stereocenters. The fourth-order valence-electron chi connectivity index (χ4n) is 0.606. The molecule has 2 heteroatoms. The van der Waals surface area contributed by atoms with Crippen molar-refractivity contribution in [3.05, 3.63) is 0 Å². The molecule has 0 N–H and O–H groups in total. The van der Waals surface area contributed by atoms with Crippen molar-refractivity contribution in [2.75, 3.05) is 0 Å². The lowest BCUT2D eigenvalue weighted by Gasteiger charge is -2.29. The summed E-state index contributed by atoms with van der Waals surface area (Å²) in [4.78, 5) is 11.6. The molecule has 0 bridgehead atoms. The van der Waals surface area contributed by atoms with E-state index in [2.05, 4.69) is 0 Å². The topological polar surface area (TPSA) is 26.3 Å². The smallest absolute Gasteiger partial charge is 0.312 e. The zero-order valence-corrected chi connectivity index (χ0v) is 9.73. The van der Waals surface area contributed by atoms with Crippen molar-refractivity contribution >= 4 is 5.97 Å². The molecule has 0 aliphatic rings. The number of carbonyl (C=O) groups is 1. The maximum absolute atomic E-state index is 11.6. The number of hydrogen-bond acceptors (Lipinski definition) is 2. The maximum Gasteiger partial charge on any atom is 0.312 e. The van der Waals surface area contributed by atoms with Crippen molar-refractivity contribution < 1.29 is 9.53 Å². The summed E-state index contributed by atoms with van der Waals surface area (Å²) < 4.78 is 5.40. The van der Waals surface area contributed by atoms with Crippen LogP contribution in [0.15, 0.2) is 0 Å². The minimum absolute atomic E-state index is 0. The molecule has 0 aromatic rings. The van der Waals surface area contributed by atoms with Crippen LogP contribution in [0.25, 0.3) is 0 Å². The normalized spacial score (nSPS) is 11.1. The summed E-state index contributed by atoms with van der Waals surface area (Å²) in [5, 5.41) is 0. The lowest BCUT2D eigenvalue weighted by Crippen LogP contribution is -2.34. The Morgan fingerprint density at radius 2 is 1.40 bits per heavy atom. The lowest BCUT2D eigenvalue weighted by atomic mass is 9.90. The predicted octanol–water partition coefficient (Wildman–Crippen LogP) is 4.43. The first-order valence-corrected chi connectivity index (χ1v) is 4.98. The standard InChI is InChI=1S/C11H22O2.2CH4/c1-7-10(3,4)9(12)13-11(5,6)8-2;;/h7-8H2,1-6H3;2*1H4. The Bertz CT molecular complexity index is 181. The molecule has 0 rings (SSSR count). The Morgan fingerprint density at radius 3 is 1.67 bits per heavy atom. The highest BCUT2D eigenvalue weighted by atomic mass is 16.6. The fourth-order valence-corrected chi connectivity index (χ4v) is 0.606. The number of ether oxygens (including phenoxy) is 1. The molecule has 0 aromatic heterocycles. The molecule has 15 heavy (non-hydrogen) atoms. The highest BCUT2D eigenvalue weighted by Crippen LogP contribution is 2.25. The van der Waals surface area contributed by atoms with Crippen LogP contribution in [-0.2, 0) is 9.53 Å². The second kappa shape index (κ2) is 6.86. The Kier molecular flexibility index (Phi) is 9.13. The van der Waals surface area contributed by atoms with Crippen LogP contribution in [-0.4, -0.2) is 11.6 Å². The molecule has 0 aliphatic carbocycles. The average Bonchev–Trinajstić information content (AvgIpc) is 2.04. The second-order valence-electron chi connectivity index (χ2n) is 4.74. The van der Waals surface area contributed by atoms with E-state index in [4.69, 9.17) is 4.74 Å². The van der Waals surface area contributed by atoms with Crippen molar-refractivity contribution in [1.29, 1.82) is 0 Å². The van der Waals surface area contributed by atoms with Gasteiger partial charge >= 0.3 is 5.97 Å². The summed E-state index contributed by atoms with van der Waals surface area (Å²) in [6.45, 7) is 11.7. The van der Waals surface area contributed by atoms with E-state index in [0.29, 0.717) is 0 Å². The fraction of sp³-hybridized carbons (Fsp3) is 0.923. The van der Waals surface area contributed by atoms with Gasteiger partial charge in [-0.1, -0.05) is 28.7 Å². The van der Waals surface area contributed by atoms with E-state index >= 15 is 0 Å². The SMILES string of the molecule is C.C.CCC(C)(C)OC(=O)C(C)(C)CC. The van der Waals surface area contributed by atoms with Crippen LogP contribution in [0.1, 0.15) is 69.2 Å². The molecule has 0 fully saturated rings. The van der Waals surface area contributed by atoms with Gasteiger partial charge in [-0.05, 0) is 40.5 Å². The summed E-state index contributed by atoms with van der Waals surface area (Å²) in [6, 6.07) is 0. The van der Waals surface area contributed by atoms with E-state index < -0.39 is 0 Å². The van der Waals surface area contributed by atoms with Crippen molar-refractivity contribution in [3.8, 4) is 0 Å². The third kappa shape index (κ3) is 6.53. The predicted molar refractivity (Wildman–Crippen MR) is 68.0 cm³/mol. The molecule has 0 amide bonds. The van der Waals surface area contributed by atoms with Crippen LogP contribution in [0, 0.1) is 5.41 Å². The van der Waals surface area contributed by atoms with Gasteiger partial charge in [-0.3, -0.25) is 4.79 Å². The van der Waals surface area contributed by atoms with Crippen LogP contribution < -0.4 is 0 Å². The molecular formula is C13H30O2. The molecule has 94 valence electrons. The molecular weight excluding hydrogens is 188 g/mol. The minimum Gasteiger partial charge on any atom is -0.459 e. The Hall–Kier alpha value is -0.530. The first kappa shape index (κ1) is 20.0. The largest absolute Gasteiger partial charge is 0.459 e. The van der Waals surface area contributed by atoms with Gasteiger partial charge in [0, 0.05) is 0 Å². The van der Waals surface area contributed by atoms with Gasteiger partial charge in [0.1, 0.15) is 5.60 Å². The van der Waals surface area contributed by atoms with Crippen molar-refractivity contribution in [2.45, 2.75) is 74.8 Å². The zero-order chi connectivity index (χ0) is 10.7. The van der Waals surface area contributed by atoms with Crippen LogP contribution in [0.2, 0.25) is 0 Å². The summed E-state index contributed by atoms with van der Waals surface area (Å²) in [6.07, 6.45) is 1.66. The van der Waals surface area contributed by atoms with Gasteiger partial charge in [0.25, 0.3) is 0 Å². The molecule has 0 atom stereocenters. The van der Waals surface area contributed by atoms with E-state index in [-0.39, 0.29) is 31.8 Å². The Labute approximate surface area is 96.4 Å². The monoisotopic (exact) mass is 218 g/mol. The van der Waals surface area contributed by atoms with Gasteiger partial charge in [-0.2, -0.15) is 0 Å². The second-order valence-corrected chi connectivity index (χ2v) is 4.74. The average molecular weight is 218 g/mol. The summed E-state index contributed by atoms with van der Waals surface area (Å²) >= 11 is 0. The van der Waals surface area contributed by atoms with E-state index in [1.165, 1.54) is 0 Å². The van der Waals surface area contributed by atoms with Gasteiger partial charge in [0.15, 0.2) is 0 Å².